The van der Waals surface area contributed by atoms with Gasteiger partial charge in [0.15, 0.2) is 0 Å². The van der Waals surface area contributed by atoms with Crippen LogP contribution < -0.4 is 16.0 Å². The summed E-state index contributed by atoms with van der Waals surface area (Å²) in [6.45, 7) is 7.82. The topological polar surface area (TPSA) is 87.3 Å². The van der Waals surface area contributed by atoms with Gasteiger partial charge in [-0.05, 0) is 24.0 Å². The second kappa shape index (κ2) is 8.17. The monoisotopic (exact) mass is 305 g/mol. The Morgan fingerprint density at radius 1 is 1.05 bits per heavy atom. The van der Waals surface area contributed by atoms with Gasteiger partial charge < -0.3 is 16.0 Å². The molecular weight excluding hydrogens is 282 g/mol. The van der Waals surface area contributed by atoms with Gasteiger partial charge in [0, 0.05) is 25.7 Å². The van der Waals surface area contributed by atoms with Gasteiger partial charge in [0.25, 0.3) is 0 Å². The molecule has 0 aromatic heterocycles. The van der Waals surface area contributed by atoms with Crippen LogP contribution in [0.2, 0.25) is 0 Å². The molecule has 120 valence electrons. The molecule has 0 spiro atoms. The highest BCUT2D eigenvalue weighted by molar-refractivity contribution is 6.39. The van der Waals surface area contributed by atoms with Gasteiger partial charge in [0.1, 0.15) is 0 Å². The molecule has 0 aliphatic rings. The maximum absolute atomic E-state index is 12.0. The van der Waals surface area contributed by atoms with Crippen molar-refractivity contribution in [3.05, 3.63) is 29.3 Å². The number of para-hydroxylation sites is 1. The van der Waals surface area contributed by atoms with E-state index in [9.17, 15) is 14.4 Å². The van der Waals surface area contributed by atoms with Crippen LogP contribution in [-0.2, 0) is 14.4 Å². The Morgan fingerprint density at radius 2 is 1.68 bits per heavy atom. The van der Waals surface area contributed by atoms with Crippen LogP contribution in [0.3, 0.4) is 0 Å². The second-order valence-electron chi connectivity index (χ2n) is 5.39. The van der Waals surface area contributed by atoms with Crippen molar-refractivity contribution in [2.75, 3.05) is 18.4 Å². The lowest BCUT2D eigenvalue weighted by atomic mass is 9.98. The standard InChI is InChI=1S/C16H23N3O3/c1-10(2)13-7-5-6-11(3)14(13)19-16(22)15(21)18-9-8-17-12(4)20/h5-7,10H,8-9H2,1-4H3,(H,17,20)(H,18,21)(H,19,22). The van der Waals surface area contributed by atoms with Gasteiger partial charge in [0.2, 0.25) is 5.91 Å². The van der Waals surface area contributed by atoms with E-state index in [-0.39, 0.29) is 24.9 Å². The quantitative estimate of drug-likeness (QED) is 0.566. The summed E-state index contributed by atoms with van der Waals surface area (Å²) >= 11 is 0. The summed E-state index contributed by atoms with van der Waals surface area (Å²) in [5.74, 6) is -1.37. The van der Waals surface area contributed by atoms with E-state index < -0.39 is 11.8 Å². The molecule has 1 aromatic rings. The van der Waals surface area contributed by atoms with Crippen molar-refractivity contribution in [1.29, 1.82) is 0 Å². The van der Waals surface area contributed by atoms with Crippen molar-refractivity contribution in [2.24, 2.45) is 0 Å². The van der Waals surface area contributed by atoms with E-state index in [4.69, 9.17) is 0 Å². The third-order valence-corrected chi connectivity index (χ3v) is 3.16. The summed E-state index contributed by atoms with van der Waals surface area (Å²) in [6.07, 6.45) is 0. The van der Waals surface area contributed by atoms with Crippen molar-refractivity contribution in [2.45, 2.75) is 33.6 Å². The van der Waals surface area contributed by atoms with Crippen LogP contribution in [0.4, 0.5) is 5.69 Å². The highest BCUT2D eigenvalue weighted by atomic mass is 16.2. The number of hydrogen-bond acceptors (Lipinski definition) is 3. The van der Waals surface area contributed by atoms with Crippen LogP contribution in [0.25, 0.3) is 0 Å². The molecular formula is C16H23N3O3. The average molecular weight is 305 g/mol. The molecule has 1 aromatic carbocycles. The van der Waals surface area contributed by atoms with E-state index in [1.807, 2.05) is 39.0 Å². The molecule has 0 aliphatic heterocycles. The minimum atomic E-state index is -0.719. The van der Waals surface area contributed by atoms with Crippen LogP contribution >= 0.6 is 0 Å². The van der Waals surface area contributed by atoms with Gasteiger partial charge in [-0.2, -0.15) is 0 Å². The number of rotatable bonds is 5. The molecule has 3 amide bonds. The molecule has 0 heterocycles. The van der Waals surface area contributed by atoms with Crippen LogP contribution in [0.15, 0.2) is 18.2 Å². The number of benzene rings is 1. The van der Waals surface area contributed by atoms with E-state index in [2.05, 4.69) is 16.0 Å². The van der Waals surface area contributed by atoms with Crippen LogP contribution in [-0.4, -0.2) is 30.8 Å². The average Bonchev–Trinajstić information content (AvgIpc) is 2.44. The Balaban J connectivity index is 2.65. The number of nitrogens with one attached hydrogen (secondary N) is 3. The summed E-state index contributed by atoms with van der Waals surface area (Å²) in [7, 11) is 0. The van der Waals surface area contributed by atoms with Gasteiger partial charge in [-0.15, -0.1) is 0 Å². The lowest BCUT2D eigenvalue weighted by Crippen LogP contribution is -2.40. The number of carbonyl (C=O) groups excluding carboxylic acids is 3. The summed E-state index contributed by atoms with van der Waals surface area (Å²) in [5, 5.41) is 7.67. The lowest BCUT2D eigenvalue weighted by Gasteiger charge is -2.16. The predicted molar refractivity (Wildman–Crippen MR) is 85.6 cm³/mol. The number of carbonyl (C=O) groups is 3. The Hall–Kier alpha value is -2.37. The molecule has 0 atom stereocenters. The van der Waals surface area contributed by atoms with Crippen molar-refractivity contribution in [3.63, 3.8) is 0 Å². The number of amides is 3. The maximum atomic E-state index is 12.0. The highest BCUT2D eigenvalue weighted by Gasteiger charge is 2.17. The van der Waals surface area contributed by atoms with E-state index in [1.54, 1.807) is 0 Å². The molecule has 0 radical (unpaired) electrons. The zero-order valence-corrected chi connectivity index (χ0v) is 13.4. The Bertz CT molecular complexity index is 568. The van der Waals surface area contributed by atoms with E-state index >= 15 is 0 Å². The fourth-order valence-corrected chi connectivity index (χ4v) is 2.01. The van der Waals surface area contributed by atoms with Crippen molar-refractivity contribution in [3.8, 4) is 0 Å². The molecule has 1 rings (SSSR count). The second-order valence-corrected chi connectivity index (χ2v) is 5.39. The molecule has 0 fully saturated rings. The largest absolute Gasteiger partial charge is 0.355 e. The molecule has 0 saturated heterocycles. The Labute approximate surface area is 130 Å². The lowest BCUT2D eigenvalue weighted by molar-refractivity contribution is -0.136. The molecule has 22 heavy (non-hydrogen) atoms. The van der Waals surface area contributed by atoms with Crippen molar-refractivity contribution < 1.29 is 14.4 Å². The minimum Gasteiger partial charge on any atom is -0.355 e. The molecule has 0 bridgehead atoms. The predicted octanol–water partition coefficient (Wildman–Crippen LogP) is 1.31. The summed E-state index contributed by atoms with van der Waals surface area (Å²) in [4.78, 5) is 34.4. The van der Waals surface area contributed by atoms with Gasteiger partial charge in [-0.1, -0.05) is 32.0 Å². The zero-order valence-electron chi connectivity index (χ0n) is 13.4. The molecule has 0 unspecified atom stereocenters. The van der Waals surface area contributed by atoms with Crippen LogP contribution in [0.1, 0.15) is 37.8 Å². The first-order valence-corrected chi connectivity index (χ1v) is 7.26. The van der Waals surface area contributed by atoms with Gasteiger partial charge >= 0.3 is 11.8 Å². The molecule has 6 heteroatoms. The van der Waals surface area contributed by atoms with Crippen molar-refractivity contribution >= 4 is 23.4 Å². The van der Waals surface area contributed by atoms with E-state index in [1.165, 1.54) is 6.92 Å². The first-order chi connectivity index (χ1) is 10.3. The molecule has 0 aliphatic carbocycles. The fourth-order valence-electron chi connectivity index (χ4n) is 2.01. The normalized spacial score (nSPS) is 10.2. The smallest absolute Gasteiger partial charge is 0.313 e. The number of aryl methyl sites for hydroxylation is 1. The summed E-state index contributed by atoms with van der Waals surface area (Å²) in [5.41, 5.74) is 2.57. The molecule has 3 N–H and O–H groups in total. The Morgan fingerprint density at radius 3 is 2.27 bits per heavy atom. The van der Waals surface area contributed by atoms with E-state index in [0.717, 1.165) is 11.1 Å². The Kier molecular flexibility index (Phi) is 6.56. The van der Waals surface area contributed by atoms with Gasteiger partial charge in [-0.25, -0.2) is 0 Å². The molecule has 6 nitrogen and oxygen atoms in total. The SMILES string of the molecule is CC(=O)NCCNC(=O)C(=O)Nc1c(C)cccc1C(C)C. The molecule has 0 saturated carbocycles. The van der Waals surface area contributed by atoms with Crippen molar-refractivity contribution in [1.82, 2.24) is 10.6 Å². The first kappa shape index (κ1) is 17.7. The van der Waals surface area contributed by atoms with E-state index in [0.29, 0.717) is 5.69 Å². The summed E-state index contributed by atoms with van der Waals surface area (Å²) < 4.78 is 0. The number of anilines is 1. The van der Waals surface area contributed by atoms with Crippen LogP contribution in [0.5, 0.6) is 0 Å². The maximum Gasteiger partial charge on any atom is 0.313 e. The first-order valence-electron chi connectivity index (χ1n) is 7.26. The number of hydrogen-bond donors (Lipinski definition) is 3. The fraction of sp³-hybridized carbons (Fsp3) is 0.438. The highest BCUT2D eigenvalue weighted by Crippen LogP contribution is 2.27. The summed E-state index contributed by atoms with van der Waals surface area (Å²) in [6, 6.07) is 5.74. The zero-order chi connectivity index (χ0) is 16.7. The van der Waals surface area contributed by atoms with Gasteiger partial charge in [-0.3, -0.25) is 14.4 Å². The third-order valence-electron chi connectivity index (χ3n) is 3.16. The van der Waals surface area contributed by atoms with Gasteiger partial charge in [0.05, 0.1) is 0 Å². The van der Waals surface area contributed by atoms with Crippen LogP contribution in [0, 0.1) is 6.92 Å². The third kappa shape index (κ3) is 5.20. The minimum absolute atomic E-state index is 0.180.